The van der Waals surface area contributed by atoms with E-state index in [1.54, 1.807) is 19.1 Å². The van der Waals surface area contributed by atoms with Crippen molar-refractivity contribution in [3.8, 4) is 0 Å². The van der Waals surface area contributed by atoms with Gasteiger partial charge in [-0.1, -0.05) is 5.22 Å². The van der Waals surface area contributed by atoms with Gasteiger partial charge in [-0.05, 0) is 0 Å². The molecule has 2 heterocycles. The van der Waals surface area contributed by atoms with Crippen LogP contribution in [0.1, 0.15) is 10.5 Å². The number of aromatic nitrogens is 4. The van der Waals surface area contributed by atoms with Crippen molar-refractivity contribution < 1.29 is 9.18 Å². The summed E-state index contributed by atoms with van der Waals surface area (Å²) in [6.07, 6.45) is 2.05. The van der Waals surface area contributed by atoms with E-state index in [2.05, 4.69) is 20.3 Å². The highest BCUT2D eigenvalue weighted by molar-refractivity contribution is 5.94. The Morgan fingerprint density at radius 1 is 1.36 bits per heavy atom. The number of amides is 1. The van der Waals surface area contributed by atoms with Crippen LogP contribution in [0.3, 0.4) is 0 Å². The molecule has 0 aliphatic carbocycles. The number of carbonyl (C=O) groups is 1. The fourth-order valence-corrected chi connectivity index (χ4v) is 1.07. The third-order valence-corrected chi connectivity index (χ3v) is 1.95. The van der Waals surface area contributed by atoms with Crippen LogP contribution < -0.4 is 17.0 Å². The maximum atomic E-state index is 12.0. The molecule has 0 fully saturated rings. The summed E-state index contributed by atoms with van der Waals surface area (Å²) in [6.45, 7) is 0. The predicted molar refractivity (Wildman–Crippen MR) is 72.9 cm³/mol. The zero-order valence-electron chi connectivity index (χ0n) is 11.6. The van der Waals surface area contributed by atoms with Gasteiger partial charge >= 0.3 is 5.69 Å². The minimum Gasteiger partial charge on any atom is -0.364 e. The van der Waals surface area contributed by atoms with Crippen LogP contribution in [0, 0.1) is 5.82 Å². The zero-order chi connectivity index (χ0) is 16.7. The largest absolute Gasteiger partial charge is 0.364 e. The maximum absolute atomic E-state index is 12.0. The number of rotatable bonds is 3. The van der Waals surface area contributed by atoms with Gasteiger partial charge in [-0.25, -0.2) is 9.78 Å². The van der Waals surface area contributed by atoms with E-state index in [0.717, 1.165) is 0 Å². The molecule has 0 spiro atoms. The number of halogens is 1. The van der Waals surface area contributed by atoms with E-state index in [4.69, 9.17) is 5.73 Å². The maximum Gasteiger partial charge on any atom is 0.325 e. The van der Waals surface area contributed by atoms with Gasteiger partial charge in [-0.3, -0.25) is 19.6 Å². The van der Waals surface area contributed by atoms with Gasteiger partial charge in [0.05, 0.1) is 6.33 Å². The lowest BCUT2D eigenvalue weighted by molar-refractivity contribution is 0.0996. The summed E-state index contributed by atoms with van der Waals surface area (Å²) in [4.78, 5) is 41.1. The number of nitrogens with one attached hydrogen (secondary N) is 3. The van der Waals surface area contributed by atoms with Crippen LogP contribution in [-0.4, -0.2) is 44.9 Å². The first-order valence-electron chi connectivity index (χ1n) is 5.71. The monoisotopic (exact) mass is 312 g/mol. The molecule has 0 atom stereocenters. The van der Waals surface area contributed by atoms with Crippen LogP contribution in [0.4, 0.5) is 10.2 Å². The van der Waals surface area contributed by atoms with Crippen molar-refractivity contribution in [2.45, 2.75) is 0 Å². The number of nitrogens with zero attached hydrogens (tertiary/aromatic N) is 4. The number of carbonyl (C=O) groups excluding carboxylic acids is 1. The van der Waals surface area contributed by atoms with Gasteiger partial charge in [0.1, 0.15) is 0 Å². The van der Waals surface area contributed by atoms with Gasteiger partial charge < -0.3 is 15.7 Å². The first-order valence-corrected chi connectivity index (χ1v) is 5.71. The highest BCUT2D eigenvalue weighted by Gasteiger charge is 2.09. The number of nitrogens with two attached hydrogens (primary N) is 1. The molecule has 2 rings (SSSR count). The average molecular weight is 312 g/mol. The smallest absolute Gasteiger partial charge is 0.325 e. The van der Waals surface area contributed by atoms with Crippen molar-refractivity contribution in [2.75, 3.05) is 14.1 Å². The molecule has 0 saturated heterocycles. The summed E-state index contributed by atoms with van der Waals surface area (Å²) in [6, 6.07) is 0. The zero-order valence-corrected chi connectivity index (χ0v) is 11.6. The van der Waals surface area contributed by atoms with Gasteiger partial charge in [0.15, 0.2) is 11.5 Å². The van der Waals surface area contributed by atoms with E-state index in [0.29, 0.717) is 6.20 Å². The Labute approximate surface area is 122 Å². The summed E-state index contributed by atoms with van der Waals surface area (Å²) in [5.74, 6) is -1.36. The Hall–Kier alpha value is -3.31. The Morgan fingerprint density at radius 2 is 2.05 bits per heavy atom. The van der Waals surface area contributed by atoms with Crippen LogP contribution in [0.15, 0.2) is 32.5 Å². The standard InChI is InChI=1S/C6H10N6O.C4H3FN2O2/c1-12(2)11-10-6-4(5(7)13)8-3-9-6;5-2-1-6-4(9)7-3(2)8/h3H,1-2H3,(H2,7,13)(H,8,9);1H,(H2,6,7,8,9)/b11-10+;. The topological polar surface area (TPSA) is 165 Å². The highest BCUT2D eigenvalue weighted by Crippen LogP contribution is 2.12. The van der Waals surface area contributed by atoms with Gasteiger partial charge in [0.25, 0.3) is 11.5 Å². The van der Waals surface area contributed by atoms with E-state index in [1.807, 2.05) is 4.98 Å². The van der Waals surface area contributed by atoms with E-state index in [1.165, 1.54) is 11.3 Å². The number of aromatic amines is 3. The molecule has 0 aromatic carbocycles. The summed E-state index contributed by atoms with van der Waals surface area (Å²) in [5, 5.41) is 8.90. The third kappa shape index (κ3) is 4.99. The van der Waals surface area contributed by atoms with Crippen molar-refractivity contribution in [1.29, 1.82) is 0 Å². The molecule has 0 unspecified atom stereocenters. The van der Waals surface area contributed by atoms with Crippen LogP contribution in [0.5, 0.6) is 0 Å². The SMILES string of the molecule is CN(C)/N=N/c1[nH]cnc1C(N)=O.O=c1[nH]cc(F)c(=O)[nH]1. The number of imidazole rings is 1. The lowest BCUT2D eigenvalue weighted by Gasteiger charge is -1.99. The number of hydrogen-bond donors (Lipinski definition) is 4. The van der Waals surface area contributed by atoms with E-state index in [-0.39, 0.29) is 11.5 Å². The second kappa shape index (κ2) is 7.47. The molecule has 118 valence electrons. The molecule has 5 N–H and O–H groups in total. The molecule has 2 aromatic heterocycles. The number of primary amides is 1. The molecular formula is C10H13FN8O3. The van der Waals surface area contributed by atoms with Gasteiger partial charge in [0.2, 0.25) is 5.82 Å². The first kappa shape index (κ1) is 16.7. The molecule has 12 heteroatoms. The Balaban J connectivity index is 0.000000235. The quantitative estimate of drug-likeness (QED) is 0.432. The van der Waals surface area contributed by atoms with Crippen LogP contribution in [0.25, 0.3) is 0 Å². The molecule has 2 aromatic rings. The summed E-state index contributed by atoms with van der Waals surface area (Å²) in [7, 11) is 3.42. The van der Waals surface area contributed by atoms with Crippen molar-refractivity contribution >= 4 is 11.7 Å². The second-order valence-corrected chi connectivity index (χ2v) is 3.92. The lowest BCUT2D eigenvalue weighted by atomic mass is 10.4. The first-order chi connectivity index (χ1) is 10.3. The number of H-pyrrole nitrogens is 3. The minimum atomic E-state index is -1.00. The fraction of sp³-hybridized carbons (Fsp3) is 0.200. The third-order valence-electron chi connectivity index (χ3n) is 1.95. The molecule has 11 nitrogen and oxygen atoms in total. The predicted octanol–water partition coefficient (Wildman–Crippen LogP) is -0.729. The number of hydrogen-bond acceptors (Lipinski definition) is 6. The van der Waals surface area contributed by atoms with E-state index >= 15 is 0 Å². The van der Waals surface area contributed by atoms with E-state index < -0.39 is 23.0 Å². The van der Waals surface area contributed by atoms with Crippen LogP contribution in [0.2, 0.25) is 0 Å². The fourth-order valence-electron chi connectivity index (χ4n) is 1.07. The Morgan fingerprint density at radius 3 is 2.55 bits per heavy atom. The van der Waals surface area contributed by atoms with Crippen LogP contribution in [-0.2, 0) is 0 Å². The summed E-state index contributed by atoms with van der Waals surface area (Å²) >= 11 is 0. The Kier molecular flexibility index (Phi) is 5.68. The van der Waals surface area contributed by atoms with Gasteiger partial charge in [-0.2, -0.15) is 4.39 Å². The van der Waals surface area contributed by atoms with Crippen molar-refractivity contribution in [1.82, 2.24) is 24.9 Å². The second-order valence-electron chi connectivity index (χ2n) is 3.92. The van der Waals surface area contributed by atoms with Crippen LogP contribution >= 0.6 is 0 Å². The molecular weight excluding hydrogens is 299 g/mol. The normalized spacial score (nSPS) is 10.1. The van der Waals surface area contributed by atoms with Crippen molar-refractivity contribution in [3.05, 3.63) is 44.9 Å². The Bertz CT molecular complexity index is 775. The van der Waals surface area contributed by atoms with Gasteiger partial charge in [0, 0.05) is 20.3 Å². The summed E-state index contributed by atoms with van der Waals surface area (Å²) < 4.78 is 12.0. The highest BCUT2D eigenvalue weighted by atomic mass is 19.1. The molecule has 0 bridgehead atoms. The minimum absolute atomic E-state index is 0.0885. The molecule has 0 saturated carbocycles. The van der Waals surface area contributed by atoms with Gasteiger partial charge in [-0.15, -0.1) is 5.11 Å². The lowest BCUT2D eigenvalue weighted by Crippen LogP contribution is -2.23. The molecule has 0 radical (unpaired) electrons. The van der Waals surface area contributed by atoms with Crippen molar-refractivity contribution in [3.63, 3.8) is 0 Å². The molecule has 0 aliphatic heterocycles. The van der Waals surface area contributed by atoms with E-state index in [9.17, 15) is 18.8 Å². The van der Waals surface area contributed by atoms with Crippen molar-refractivity contribution in [2.24, 2.45) is 16.1 Å². The average Bonchev–Trinajstić information content (AvgIpc) is 2.90. The summed E-state index contributed by atoms with van der Waals surface area (Å²) in [5.41, 5.74) is 3.41. The molecule has 22 heavy (non-hydrogen) atoms. The molecule has 0 aliphatic rings. The molecule has 1 amide bonds.